The van der Waals surface area contributed by atoms with Crippen LogP contribution in [0, 0.1) is 11.3 Å². The largest absolute Gasteiger partial charge is 0.469 e. The fourth-order valence-corrected chi connectivity index (χ4v) is 1.90. The molecule has 0 N–H and O–H groups in total. The molecule has 1 aromatic heterocycles. The van der Waals surface area contributed by atoms with Gasteiger partial charge in [-0.25, -0.2) is 0 Å². The maximum Gasteiger partial charge on any atom is 0.434 e. The van der Waals surface area contributed by atoms with E-state index in [2.05, 4.69) is 9.72 Å². The number of aldehydes is 1. The Labute approximate surface area is 130 Å². The Balaban J connectivity index is 2.69. The summed E-state index contributed by atoms with van der Waals surface area (Å²) < 4.78 is 80.2. The van der Waals surface area contributed by atoms with Crippen LogP contribution >= 0.6 is 0 Å². The SMILES string of the molecule is N#Cc1cnc2ccc(C=O)cc2c1OC(C(F)(F)F)C(F)(F)F. The highest BCUT2D eigenvalue weighted by Gasteiger charge is 2.59. The highest BCUT2D eigenvalue weighted by Crippen LogP contribution is 2.39. The van der Waals surface area contributed by atoms with Gasteiger partial charge in [-0.2, -0.15) is 31.6 Å². The normalized spacial score (nSPS) is 12.2. The number of pyridine rings is 1. The number of ether oxygens (including phenoxy) is 1. The minimum absolute atomic E-state index is 0.0280. The molecule has 0 atom stereocenters. The topological polar surface area (TPSA) is 63.0 Å². The van der Waals surface area contributed by atoms with Gasteiger partial charge in [-0.1, -0.05) is 0 Å². The number of hydrogen-bond acceptors (Lipinski definition) is 4. The number of benzene rings is 1. The lowest BCUT2D eigenvalue weighted by Crippen LogP contribution is -2.46. The van der Waals surface area contributed by atoms with Crippen molar-refractivity contribution in [2.45, 2.75) is 18.5 Å². The predicted octanol–water partition coefficient (Wildman–Crippen LogP) is 3.79. The first-order valence-electron chi connectivity index (χ1n) is 6.16. The van der Waals surface area contributed by atoms with E-state index in [9.17, 15) is 31.1 Å². The van der Waals surface area contributed by atoms with Crippen molar-refractivity contribution in [2.24, 2.45) is 0 Å². The summed E-state index contributed by atoms with van der Waals surface area (Å²) in [6, 6.07) is 4.90. The quantitative estimate of drug-likeness (QED) is 0.625. The Morgan fingerprint density at radius 1 is 1.17 bits per heavy atom. The van der Waals surface area contributed by atoms with Crippen molar-refractivity contribution in [1.82, 2.24) is 4.98 Å². The van der Waals surface area contributed by atoms with Gasteiger partial charge >= 0.3 is 12.4 Å². The summed E-state index contributed by atoms with van der Waals surface area (Å²) >= 11 is 0. The molecule has 0 fully saturated rings. The molecule has 10 heteroatoms. The van der Waals surface area contributed by atoms with Crippen LogP contribution in [0.5, 0.6) is 5.75 Å². The molecular weight excluding hydrogens is 342 g/mol. The zero-order valence-corrected chi connectivity index (χ0v) is 11.4. The molecule has 0 bridgehead atoms. The van der Waals surface area contributed by atoms with E-state index in [4.69, 9.17) is 5.26 Å². The molecule has 0 saturated heterocycles. The van der Waals surface area contributed by atoms with Crippen molar-refractivity contribution in [2.75, 3.05) is 0 Å². The molecule has 0 unspecified atom stereocenters. The fourth-order valence-electron chi connectivity index (χ4n) is 1.90. The molecule has 2 rings (SSSR count). The number of alkyl halides is 6. The molecular formula is C14H6F6N2O2. The molecule has 0 spiro atoms. The van der Waals surface area contributed by atoms with Crippen molar-refractivity contribution in [3.05, 3.63) is 35.5 Å². The second-order valence-electron chi connectivity index (χ2n) is 4.59. The number of nitriles is 1. The minimum Gasteiger partial charge on any atom is -0.469 e. The molecule has 2 aromatic rings. The van der Waals surface area contributed by atoms with Gasteiger partial charge in [-0.15, -0.1) is 0 Å². The van der Waals surface area contributed by atoms with Gasteiger partial charge < -0.3 is 4.74 Å². The summed E-state index contributed by atoms with van der Waals surface area (Å²) in [6.45, 7) is 0. The second kappa shape index (κ2) is 5.99. The van der Waals surface area contributed by atoms with E-state index >= 15 is 0 Å². The predicted molar refractivity (Wildman–Crippen MR) is 68.4 cm³/mol. The number of carbonyl (C=O) groups is 1. The Morgan fingerprint density at radius 2 is 1.79 bits per heavy atom. The van der Waals surface area contributed by atoms with Crippen LogP contribution in [-0.4, -0.2) is 29.7 Å². The van der Waals surface area contributed by atoms with Gasteiger partial charge in [0.15, 0.2) is 0 Å². The molecule has 0 aliphatic heterocycles. The first-order chi connectivity index (χ1) is 11.1. The lowest BCUT2D eigenvalue weighted by Gasteiger charge is -2.24. The number of nitrogens with zero attached hydrogens (tertiary/aromatic N) is 2. The smallest absolute Gasteiger partial charge is 0.434 e. The van der Waals surface area contributed by atoms with Gasteiger partial charge in [0.25, 0.3) is 6.10 Å². The van der Waals surface area contributed by atoms with Gasteiger partial charge in [-0.05, 0) is 18.2 Å². The number of halogens is 6. The number of fused-ring (bicyclic) bond motifs is 1. The van der Waals surface area contributed by atoms with Crippen LogP contribution in [-0.2, 0) is 0 Å². The van der Waals surface area contributed by atoms with Crippen molar-refractivity contribution >= 4 is 17.2 Å². The first-order valence-corrected chi connectivity index (χ1v) is 6.16. The standard InChI is InChI=1S/C14H6F6N2O2/c15-13(16,17)12(14(18,19)20)24-11-8(4-21)5-22-10-2-1-7(6-23)3-9(10)11/h1-3,5-6,12H. The molecule has 1 heterocycles. The van der Waals surface area contributed by atoms with Gasteiger partial charge in [0.1, 0.15) is 23.7 Å². The van der Waals surface area contributed by atoms with E-state index in [0.29, 0.717) is 6.29 Å². The van der Waals surface area contributed by atoms with Crippen LogP contribution in [0.2, 0.25) is 0 Å². The van der Waals surface area contributed by atoms with Crippen molar-refractivity contribution in [3.8, 4) is 11.8 Å². The summed E-state index contributed by atoms with van der Waals surface area (Å²) in [5.41, 5.74) is -0.679. The molecule has 126 valence electrons. The van der Waals surface area contributed by atoms with Crippen LogP contribution in [0.3, 0.4) is 0 Å². The highest BCUT2D eigenvalue weighted by atomic mass is 19.4. The number of hydrogen-bond donors (Lipinski definition) is 0. The van der Waals surface area contributed by atoms with Crippen molar-refractivity contribution in [3.63, 3.8) is 0 Å². The van der Waals surface area contributed by atoms with E-state index in [1.54, 1.807) is 0 Å². The van der Waals surface area contributed by atoms with Gasteiger partial charge in [0.2, 0.25) is 0 Å². The van der Waals surface area contributed by atoms with E-state index in [1.807, 2.05) is 0 Å². The number of carbonyl (C=O) groups excluding carboxylic acids is 1. The lowest BCUT2D eigenvalue weighted by molar-refractivity contribution is -0.299. The third-order valence-corrected chi connectivity index (χ3v) is 2.93. The summed E-state index contributed by atoms with van der Waals surface area (Å²) in [5.74, 6) is -0.939. The molecule has 1 aromatic carbocycles. The first kappa shape index (κ1) is 17.5. The minimum atomic E-state index is -5.75. The molecule has 0 aliphatic carbocycles. The van der Waals surface area contributed by atoms with Crippen molar-refractivity contribution in [1.29, 1.82) is 5.26 Å². The fraction of sp³-hybridized carbons (Fsp3) is 0.214. The van der Waals surface area contributed by atoms with Gasteiger partial charge in [-0.3, -0.25) is 9.78 Å². The van der Waals surface area contributed by atoms with E-state index < -0.39 is 29.8 Å². The van der Waals surface area contributed by atoms with Crippen LogP contribution in [0.1, 0.15) is 15.9 Å². The van der Waals surface area contributed by atoms with Crippen LogP contribution < -0.4 is 4.74 Å². The zero-order chi connectivity index (χ0) is 18.1. The molecule has 0 radical (unpaired) electrons. The molecule has 24 heavy (non-hydrogen) atoms. The van der Waals surface area contributed by atoms with Crippen molar-refractivity contribution < 1.29 is 35.9 Å². The molecule has 0 aliphatic rings. The highest BCUT2D eigenvalue weighted by molar-refractivity contribution is 5.92. The number of rotatable bonds is 3. The maximum atomic E-state index is 12.7. The maximum absolute atomic E-state index is 12.7. The molecule has 0 amide bonds. The molecule has 4 nitrogen and oxygen atoms in total. The third-order valence-electron chi connectivity index (χ3n) is 2.93. The average Bonchev–Trinajstić information content (AvgIpc) is 2.49. The Bertz CT molecular complexity index is 809. The van der Waals surface area contributed by atoms with Crippen LogP contribution in [0.15, 0.2) is 24.4 Å². The monoisotopic (exact) mass is 348 g/mol. The van der Waals surface area contributed by atoms with Crippen LogP contribution in [0.4, 0.5) is 26.3 Å². The Kier molecular flexibility index (Phi) is 4.38. The van der Waals surface area contributed by atoms with E-state index in [-0.39, 0.29) is 16.5 Å². The summed E-state index contributed by atoms with van der Waals surface area (Å²) in [7, 11) is 0. The summed E-state index contributed by atoms with van der Waals surface area (Å²) in [4.78, 5) is 14.5. The summed E-state index contributed by atoms with van der Waals surface area (Å²) in [6.07, 6.45) is -14.5. The average molecular weight is 348 g/mol. The third kappa shape index (κ3) is 3.40. The van der Waals surface area contributed by atoms with Crippen LogP contribution in [0.25, 0.3) is 10.9 Å². The summed E-state index contributed by atoms with van der Waals surface area (Å²) in [5, 5.41) is 8.61. The van der Waals surface area contributed by atoms with E-state index in [1.165, 1.54) is 18.2 Å². The Hall–Kier alpha value is -2.83. The second-order valence-corrected chi connectivity index (χ2v) is 4.59. The lowest BCUT2D eigenvalue weighted by atomic mass is 10.1. The number of aromatic nitrogens is 1. The Morgan fingerprint density at radius 3 is 2.29 bits per heavy atom. The zero-order valence-electron chi connectivity index (χ0n) is 11.4. The van der Waals surface area contributed by atoms with Gasteiger partial charge in [0.05, 0.1) is 5.52 Å². The molecule has 0 saturated carbocycles. The van der Waals surface area contributed by atoms with Gasteiger partial charge in [0, 0.05) is 17.1 Å². The van der Waals surface area contributed by atoms with E-state index in [0.717, 1.165) is 12.3 Å².